The minimum Gasteiger partial charge on any atom is -0.395 e. The van der Waals surface area contributed by atoms with Crippen LogP contribution in [0.2, 0.25) is 0 Å². The van der Waals surface area contributed by atoms with Gasteiger partial charge in [0.15, 0.2) is 0 Å². The van der Waals surface area contributed by atoms with Crippen molar-refractivity contribution in [3.8, 4) is 11.1 Å². The Bertz CT molecular complexity index is 1330. The van der Waals surface area contributed by atoms with Gasteiger partial charge < -0.3 is 5.11 Å². The first-order valence-corrected chi connectivity index (χ1v) is 13.6. The third kappa shape index (κ3) is 4.47. The molecule has 3 atom stereocenters. The Balaban J connectivity index is 1.45. The van der Waals surface area contributed by atoms with Crippen LogP contribution in [0.3, 0.4) is 0 Å². The SMILES string of the molecule is Cc1cccc(-c2ccc([C@@H]3C(CO)N4C/C=C\CN(S(=O)(=O)c5ccccc5C)C[C@@H]34)cc2)c1. The summed E-state index contributed by atoms with van der Waals surface area (Å²) in [5, 5.41) is 10.2. The van der Waals surface area contributed by atoms with Crippen LogP contribution in [0, 0.1) is 13.8 Å². The Morgan fingerprint density at radius 3 is 2.34 bits per heavy atom. The Morgan fingerprint density at radius 2 is 1.63 bits per heavy atom. The molecule has 6 heteroatoms. The second-order valence-corrected chi connectivity index (χ2v) is 11.5. The molecule has 2 aliphatic heterocycles. The van der Waals surface area contributed by atoms with Crippen molar-refractivity contribution in [2.75, 3.05) is 26.2 Å². The zero-order valence-corrected chi connectivity index (χ0v) is 21.0. The van der Waals surface area contributed by atoms with Crippen LogP contribution >= 0.6 is 0 Å². The zero-order chi connectivity index (χ0) is 24.6. The highest BCUT2D eigenvalue weighted by atomic mass is 32.2. The van der Waals surface area contributed by atoms with Crippen molar-refractivity contribution >= 4 is 10.0 Å². The first kappa shape index (κ1) is 23.9. The molecule has 2 aliphatic rings. The normalized spacial score (nSPS) is 24.1. The summed E-state index contributed by atoms with van der Waals surface area (Å²) >= 11 is 0. The summed E-state index contributed by atoms with van der Waals surface area (Å²) in [6.45, 7) is 5.42. The molecule has 5 rings (SSSR count). The summed E-state index contributed by atoms with van der Waals surface area (Å²) in [6, 6.07) is 24.1. The van der Waals surface area contributed by atoms with Gasteiger partial charge in [-0.2, -0.15) is 4.31 Å². The number of aliphatic hydroxyl groups is 1. The first-order chi connectivity index (χ1) is 16.9. The van der Waals surface area contributed by atoms with Crippen LogP contribution in [0.15, 0.2) is 89.8 Å². The fourth-order valence-corrected chi connectivity index (χ4v) is 7.18. The van der Waals surface area contributed by atoms with E-state index in [-0.39, 0.29) is 24.6 Å². The second kappa shape index (κ2) is 9.70. The summed E-state index contributed by atoms with van der Waals surface area (Å²) in [5.41, 5.74) is 5.44. The van der Waals surface area contributed by atoms with Gasteiger partial charge in [0.25, 0.3) is 0 Å². The third-order valence-electron chi connectivity index (χ3n) is 7.41. The van der Waals surface area contributed by atoms with E-state index in [0.717, 1.165) is 16.7 Å². The summed E-state index contributed by atoms with van der Waals surface area (Å²) in [4.78, 5) is 2.59. The van der Waals surface area contributed by atoms with Crippen molar-refractivity contribution in [1.29, 1.82) is 0 Å². The molecule has 2 heterocycles. The van der Waals surface area contributed by atoms with E-state index in [0.29, 0.717) is 24.5 Å². The number of benzene rings is 3. The third-order valence-corrected chi connectivity index (χ3v) is 9.40. The lowest BCUT2D eigenvalue weighted by Gasteiger charge is -2.56. The van der Waals surface area contributed by atoms with E-state index in [9.17, 15) is 13.5 Å². The molecule has 1 fully saturated rings. The Hall–Kier alpha value is -2.77. The van der Waals surface area contributed by atoms with Gasteiger partial charge in [0, 0.05) is 37.6 Å². The van der Waals surface area contributed by atoms with E-state index < -0.39 is 10.0 Å². The van der Waals surface area contributed by atoms with Crippen LogP contribution < -0.4 is 0 Å². The molecule has 0 amide bonds. The van der Waals surface area contributed by atoms with Gasteiger partial charge in [-0.3, -0.25) is 4.90 Å². The molecule has 5 nitrogen and oxygen atoms in total. The molecule has 0 aromatic heterocycles. The van der Waals surface area contributed by atoms with Crippen LogP contribution in [-0.2, 0) is 10.0 Å². The number of hydrogen-bond acceptors (Lipinski definition) is 4. The van der Waals surface area contributed by atoms with E-state index >= 15 is 0 Å². The average Bonchev–Trinajstić information content (AvgIpc) is 2.83. The van der Waals surface area contributed by atoms with Crippen molar-refractivity contribution in [3.63, 3.8) is 0 Å². The van der Waals surface area contributed by atoms with Gasteiger partial charge in [-0.15, -0.1) is 0 Å². The van der Waals surface area contributed by atoms with E-state index in [1.165, 1.54) is 11.1 Å². The molecule has 0 aliphatic carbocycles. The lowest BCUT2D eigenvalue weighted by molar-refractivity contribution is -0.0415. The summed E-state index contributed by atoms with van der Waals surface area (Å²) in [5.74, 6) is 0.0626. The molecular formula is C29H32N2O3S. The zero-order valence-electron chi connectivity index (χ0n) is 20.2. The molecular weight excluding hydrogens is 456 g/mol. The van der Waals surface area contributed by atoms with Crippen molar-refractivity contribution in [1.82, 2.24) is 9.21 Å². The van der Waals surface area contributed by atoms with Crippen molar-refractivity contribution < 1.29 is 13.5 Å². The molecule has 0 bridgehead atoms. The molecule has 0 radical (unpaired) electrons. The molecule has 35 heavy (non-hydrogen) atoms. The fourth-order valence-electron chi connectivity index (χ4n) is 5.54. The Morgan fingerprint density at radius 1 is 0.886 bits per heavy atom. The molecule has 0 saturated carbocycles. The number of sulfonamides is 1. The molecule has 1 saturated heterocycles. The fraction of sp³-hybridized carbons (Fsp3) is 0.310. The lowest BCUT2D eigenvalue weighted by atomic mass is 9.74. The highest BCUT2D eigenvalue weighted by Crippen LogP contribution is 2.42. The predicted molar refractivity (Wildman–Crippen MR) is 140 cm³/mol. The lowest BCUT2D eigenvalue weighted by Crippen LogP contribution is -2.67. The molecule has 3 aromatic rings. The standard InChI is InChI=1S/C29H32N2O3S/c1-21-8-7-10-25(18-21)23-12-14-24(15-13-23)29-26-19-30(16-5-6-17-31(26)27(29)20-32)35(33,34)28-11-4-3-9-22(28)2/h3-15,18,26-27,29,32H,16-17,19-20H2,1-2H3/b6-5-/t26-,27?,29-/m0/s1. The van der Waals surface area contributed by atoms with Gasteiger partial charge in [-0.25, -0.2) is 8.42 Å². The molecule has 182 valence electrons. The maximum Gasteiger partial charge on any atom is 0.243 e. The minimum atomic E-state index is -3.64. The topological polar surface area (TPSA) is 60.9 Å². The second-order valence-electron chi connectivity index (χ2n) is 9.59. The van der Waals surface area contributed by atoms with Gasteiger partial charge in [0.2, 0.25) is 10.0 Å². The van der Waals surface area contributed by atoms with Crippen LogP contribution in [-0.4, -0.2) is 61.1 Å². The summed E-state index contributed by atoms with van der Waals surface area (Å²) in [6.07, 6.45) is 3.94. The molecule has 0 spiro atoms. The predicted octanol–water partition coefficient (Wildman–Crippen LogP) is 4.36. The van der Waals surface area contributed by atoms with Gasteiger partial charge in [-0.1, -0.05) is 84.4 Å². The maximum absolute atomic E-state index is 13.6. The van der Waals surface area contributed by atoms with Crippen LogP contribution in [0.5, 0.6) is 0 Å². The van der Waals surface area contributed by atoms with E-state index in [1.807, 2.05) is 31.2 Å². The minimum absolute atomic E-state index is 0.000660. The van der Waals surface area contributed by atoms with Gasteiger partial charge in [-0.05, 0) is 42.2 Å². The summed E-state index contributed by atoms with van der Waals surface area (Å²) < 4.78 is 28.8. The smallest absolute Gasteiger partial charge is 0.243 e. The van der Waals surface area contributed by atoms with E-state index in [4.69, 9.17) is 0 Å². The monoisotopic (exact) mass is 488 g/mol. The Kier molecular flexibility index (Phi) is 6.64. The summed E-state index contributed by atoms with van der Waals surface area (Å²) in [7, 11) is -3.64. The van der Waals surface area contributed by atoms with Crippen LogP contribution in [0.4, 0.5) is 0 Å². The van der Waals surface area contributed by atoms with Crippen molar-refractivity contribution in [2.24, 2.45) is 0 Å². The molecule has 1 N–H and O–H groups in total. The highest BCUT2D eigenvalue weighted by molar-refractivity contribution is 7.89. The quantitative estimate of drug-likeness (QED) is 0.542. The number of hydrogen-bond donors (Lipinski definition) is 1. The van der Waals surface area contributed by atoms with Gasteiger partial charge in [0.1, 0.15) is 0 Å². The largest absolute Gasteiger partial charge is 0.395 e. The number of rotatable bonds is 5. The number of aliphatic hydroxyl groups excluding tert-OH is 1. The highest BCUT2D eigenvalue weighted by Gasteiger charge is 2.49. The van der Waals surface area contributed by atoms with Crippen molar-refractivity contribution in [2.45, 2.75) is 36.7 Å². The number of aryl methyl sites for hydroxylation is 2. The van der Waals surface area contributed by atoms with Gasteiger partial charge >= 0.3 is 0 Å². The number of nitrogens with zero attached hydrogens (tertiary/aromatic N) is 2. The van der Waals surface area contributed by atoms with Gasteiger partial charge in [0.05, 0.1) is 11.5 Å². The number of fused-ring (bicyclic) bond motifs is 1. The van der Waals surface area contributed by atoms with E-state index in [1.54, 1.807) is 16.4 Å². The van der Waals surface area contributed by atoms with E-state index in [2.05, 4.69) is 60.4 Å². The van der Waals surface area contributed by atoms with Crippen LogP contribution in [0.1, 0.15) is 22.6 Å². The molecule has 3 aromatic carbocycles. The average molecular weight is 489 g/mol. The van der Waals surface area contributed by atoms with Crippen LogP contribution in [0.25, 0.3) is 11.1 Å². The molecule has 1 unspecified atom stereocenters. The Labute approximate surface area is 208 Å². The van der Waals surface area contributed by atoms with Crippen molar-refractivity contribution in [3.05, 3.63) is 102 Å². The first-order valence-electron chi connectivity index (χ1n) is 12.1. The maximum atomic E-state index is 13.6.